The van der Waals surface area contributed by atoms with E-state index in [4.69, 9.17) is 11.6 Å². The van der Waals surface area contributed by atoms with Crippen molar-refractivity contribution in [1.82, 2.24) is 30.4 Å². The Morgan fingerprint density at radius 1 is 1.05 bits per heavy atom. The molecule has 6 rings (SSSR count). The van der Waals surface area contributed by atoms with Gasteiger partial charge in [-0.25, -0.2) is 14.4 Å². The molecule has 0 spiro atoms. The standard InChI is InChI=1S/C25H14ClF2N9S/c26-17-5-13(34-23(20-10-33-37-36-20)15-2-1-3-19-24(15)38-11-32-19)4-16-21(12(7-29)8-30-22(16)17)35-14-6-18(27)25(28)31-9-14/h1-6,8-11,23,34H,(H,30,35)(H,33,36,37). The molecule has 0 bridgehead atoms. The van der Waals surface area contributed by atoms with Gasteiger partial charge in [0.1, 0.15) is 11.8 Å². The fourth-order valence-corrected chi connectivity index (χ4v) is 5.26. The molecule has 2 aromatic carbocycles. The molecule has 0 radical (unpaired) electrons. The van der Waals surface area contributed by atoms with Crippen LogP contribution in [0.25, 0.3) is 21.1 Å². The van der Waals surface area contributed by atoms with E-state index in [1.54, 1.807) is 23.8 Å². The van der Waals surface area contributed by atoms with Crippen molar-refractivity contribution in [3.05, 3.63) is 94.1 Å². The number of fused-ring (bicyclic) bond motifs is 2. The second kappa shape index (κ2) is 9.62. The van der Waals surface area contributed by atoms with Crippen molar-refractivity contribution < 1.29 is 8.78 Å². The lowest BCUT2D eigenvalue weighted by Crippen LogP contribution is -2.13. The third-order valence-electron chi connectivity index (χ3n) is 5.85. The minimum atomic E-state index is -1.22. The van der Waals surface area contributed by atoms with Crippen LogP contribution < -0.4 is 10.6 Å². The van der Waals surface area contributed by atoms with Crippen molar-refractivity contribution in [2.24, 2.45) is 0 Å². The second-order valence-electron chi connectivity index (χ2n) is 8.15. The van der Waals surface area contributed by atoms with Crippen LogP contribution in [0.1, 0.15) is 22.9 Å². The van der Waals surface area contributed by atoms with Crippen molar-refractivity contribution in [2.75, 3.05) is 10.6 Å². The molecule has 186 valence electrons. The molecule has 38 heavy (non-hydrogen) atoms. The molecule has 1 atom stereocenters. The molecule has 0 aliphatic heterocycles. The average Bonchev–Trinajstić information content (AvgIpc) is 3.62. The minimum absolute atomic E-state index is 0.153. The number of benzene rings is 2. The van der Waals surface area contributed by atoms with Gasteiger partial charge in [0.2, 0.25) is 5.95 Å². The number of pyridine rings is 2. The van der Waals surface area contributed by atoms with Gasteiger partial charge in [-0.3, -0.25) is 4.98 Å². The lowest BCUT2D eigenvalue weighted by Gasteiger charge is -2.20. The molecule has 4 heterocycles. The molecule has 0 saturated carbocycles. The van der Waals surface area contributed by atoms with Crippen LogP contribution in [0.3, 0.4) is 0 Å². The van der Waals surface area contributed by atoms with Gasteiger partial charge >= 0.3 is 0 Å². The number of hydrogen-bond donors (Lipinski definition) is 3. The maximum absolute atomic E-state index is 13.8. The normalized spacial score (nSPS) is 11.9. The second-order valence-corrected chi connectivity index (χ2v) is 9.42. The number of anilines is 3. The SMILES string of the molecule is N#Cc1cnc2c(Cl)cc(NC(c3cn[nH]n3)c3cccc4ncsc34)cc2c1Nc1cnc(F)c(F)c1. The number of hydrogen-bond acceptors (Lipinski definition) is 9. The molecule has 9 nitrogen and oxygen atoms in total. The van der Waals surface area contributed by atoms with Gasteiger partial charge in [-0.05, 0) is 23.8 Å². The number of nitrogens with zero attached hydrogens (tertiary/aromatic N) is 6. The monoisotopic (exact) mass is 545 g/mol. The van der Waals surface area contributed by atoms with Gasteiger partial charge in [0.05, 0.1) is 61.6 Å². The minimum Gasteiger partial charge on any atom is -0.373 e. The first-order valence-corrected chi connectivity index (χ1v) is 12.3. The van der Waals surface area contributed by atoms with E-state index in [0.717, 1.165) is 28.0 Å². The first-order chi connectivity index (χ1) is 18.5. The topological polar surface area (TPSA) is 128 Å². The van der Waals surface area contributed by atoms with Crippen LogP contribution in [0.15, 0.2) is 60.5 Å². The Bertz CT molecular complexity index is 1850. The summed E-state index contributed by atoms with van der Waals surface area (Å²) < 4.78 is 28.2. The maximum atomic E-state index is 13.8. The molecule has 3 N–H and O–H groups in total. The molecule has 0 aliphatic carbocycles. The van der Waals surface area contributed by atoms with Gasteiger partial charge in [0.15, 0.2) is 5.82 Å². The molecule has 0 saturated heterocycles. The Morgan fingerprint density at radius 2 is 1.95 bits per heavy atom. The van der Waals surface area contributed by atoms with Gasteiger partial charge in [0.25, 0.3) is 0 Å². The Kier molecular flexibility index (Phi) is 5.99. The largest absolute Gasteiger partial charge is 0.373 e. The van der Waals surface area contributed by atoms with Crippen molar-refractivity contribution in [1.29, 1.82) is 5.26 Å². The third kappa shape index (κ3) is 4.23. The molecule has 4 aromatic heterocycles. The van der Waals surface area contributed by atoms with Crippen molar-refractivity contribution >= 4 is 61.1 Å². The van der Waals surface area contributed by atoms with E-state index in [2.05, 4.69) is 47.1 Å². The average molecular weight is 546 g/mol. The molecular weight excluding hydrogens is 532 g/mol. The van der Waals surface area contributed by atoms with Crippen LogP contribution in [0.5, 0.6) is 0 Å². The Hall–Kier alpha value is -4.73. The van der Waals surface area contributed by atoms with Crippen LogP contribution in [-0.4, -0.2) is 30.4 Å². The third-order valence-corrected chi connectivity index (χ3v) is 7.03. The lowest BCUT2D eigenvalue weighted by atomic mass is 10.0. The van der Waals surface area contributed by atoms with Crippen LogP contribution in [-0.2, 0) is 0 Å². The number of H-pyrrole nitrogens is 1. The Morgan fingerprint density at radius 3 is 2.74 bits per heavy atom. The van der Waals surface area contributed by atoms with Crippen LogP contribution in [0, 0.1) is 23.1 Å². The fourth-order valence-electron chi connectivity index (χ4n) is 4.16. The molecule has 0 amide bonds. The molecule has 0 aliphatic rings. The fraction of sp³-hybridized carbons (Fsp3) is 0.0400. The van der Waals surface area contributed by atoms with Crippen molar-refractivity contribution in [2.45, 2.75) is 6.04 Å². The van der Waals surface area contributed by atoms with Gasteiger partial charge in [0, 0.05) is 23.3 Å². The van der Waals surface area contributed by atoms with Crippen LogP contribution in [0.4, 0.5) is 25.8 Å². The quantitative estimate of drug-likeness (QED) is 0.214. The highest BCUT2D eigenvalue weighted by atomic mass is 35.5. The molecule has 1 unspecified atom stereocenters. The Labute approximate surface area is 222 Å². The first-order valence-electron chi connectivity index (χ1n) is 11.1. The van der Waals surface area contributed by atoms with E-state index in [1.165, 1.54) is 17.5 Å². The number of aromatic nitrogens is 6. The predicted octanol–water partition coefficient (Wildman–Crippen LogP) is 6.11. The van der Waals surface area contributed by atoms with Crippen LogP contribution in [0.2, 0.25) is 5.02 Å². The summed E-state index contributed by atoms with van der Waals surface area (Å²) in [5.74, 6) is -2.35. The summed E-state index contributed by atoms with van der Waals surface area (Å²) in [6.07, 6.45) is 4.12. The van der Waals surface area contributed by atoms with E-state index < -0.39 is 17.8 Å². The molecule has 6 aromatic rings. The summed E-state index contributed by atoms with van der Waals surface area (Å²) in [4.78, 5) is 12.2. The molecule has 13 heteroatoms. The van der Waals surface area contributed by atoms with E-state index in [0.29, 0.717) is 33.0 Å². The highest BCUT2D eigenvalue weighted by Crippen LogP contribution is 2.38. The van der Waals surface area contributed by atoms with E-state index in [1.807, 2.05) is 18.2 Å². The van der Waals surface area contributed by atoms with Crippen molar-refractivity contribution in [3.8, 4) is 6.07 Å². The number of nitriles is 1. The predicted molar refractivity (Wildman–Crippen MR) is 140 cm³/mol. The summed E-state index contributed by atoms with van der Waals surface area (Å²) in [5.41, 5.74) is 5.87. The number of thiazole rings is 1. The number of rotatable bonds is 6. The number of nitrogens with one attached hydrogen (secondary N) is 3. The zero-order valence-electron chi connectivity index (χ0n) is 19.1. The zero-order valence-corrected chi connectivity index (χ0v) is 20.6. The lowest BCUT2D eigenvalue weighted by molar-refractivity contribution is 0.480. The molecular formula is C25H14ClF2N9S. The summed E-state index contributed by atoms with van der Waals surface area (Å²) in [6.45, 7) is 0. The summed E-state index contributed by atoms with van der Waals surface area (Å²) in [5, 5.41) is 27.9. The summed E-state index contributed by atoms with van der Waals surface area (Å²) >= 11 is 8.15. The van der Waals surface area contributed by atoms with Gasteiger partial charge in [-0.1, -0.05) is 23.7 Å². The smallest absolute Gasteiger partial charge is 0.249 e. The van der Waals surface area contributed by atoms with Gasteiger partial charge < -0.3 is 10.6 Å². The van der Waals surface area contributed by atoms with E-state index in [9.17, 15) is 14.0 Å². The van der Waals surface area contributed by atoms with Gasteiger partial charge in [-0.2, -0.15) is 25.1 Å². The summed E-state index contributed by atoms with van der Waals surface area (Å²) in [6, 6.07) is 11.9. The maximum Gasteiger partial charge on any atom is 0.249 e. The molecule has 0 fully saturated rings. The Balaban J connectivity index is 1.48. The number of halogens is 3. The van der Waals surface area contributed by atoms with Gasteiger partial charge in [-0.15, -0.1) is 11.3 Å². The van der Waals surface area contributed by atoms with E-state index >= 15 is 0 Å². The first kappa shape index (κ1) is 23.7. The number of aromatic amines is 1. The van der Waals surface area contributed by atoms with Crippen molar-refractivity contribution in [3.63, 3.8) is 0 Å². The highest BCUT2D eigenvalue weighted by molar-refractivity contribution is 7.17. The summed E-state index contributed by atoms with van der Waals surface area (Å²) in [7, 11) is 0. The van der Waals surface area contributed by atoms with Crippen LogP contribution >= 0.6 is 22.9 Å². The van der Waals surface area contributed by atoms with E-state index in [-0.39, 0.29) is 11.3 Å². The zero-order chi connectivity index (χ0) is 26.2. The highest BCUT2D eigenvalue weighted by Gasteiger charge is 2.22.